The summed E-state index contributed by atoms with van der Waals surface area (Å²) in [6.45, 7) is 2.95. The first kappa shape index (κ1) is 19.7. The first-order valence-electron chi connectivity index (χ1n) is 9.51. The van der Waals surface area contributed by atoms with Crippen molar-refractivity contribution in [3.8, 4) is 11.8 Å². The van der Waals surface area contributed by atoms with Crippen molar-refractivity contribution in [1.29, 1.82) is 5.26 Å². The van der Waals surface area contributed by atoms with Crippen LogP contribution in [0.25, 0.3) is 0 Å². The van der Waals surface area contributed by atoms with E-state index < -0.39 is 0 Å². The van der Waals surface area contributed by atoms with Crippen LogP contribution in [0.4, 0.5) is 0 Å². The van der Waals surface area contributed by atoms with Crippen molar-refractivity contribution < 1.29 is 9.53 Å². The lowest BCUT2D eigenvalue weighted by Gasteiger charge is -2.32. The molecule has 1 saturated heterocycles. The lowest BCUT2D eigenvalue weighted by atomic mass is 10.0. The molecule has 28 heavy (non-hydrogen) atoms. The largest absolute Gasteiger partial charge is 0.497 e. The molecule has 1 heterocycles. The van der Waals surface area contributed by atoms with Gasteiger partial charge in [0, 0.05) is 37.4 Å². The van der Waals surface area contributed by atoms with Crippen LogP contribution in [-0.2, 0) is 6.54 Å². The van der Waals surface area contributed by atoms with Gasteiger partial charge in [-0.2, -0.15) is 5.26 Å². The van der Waals surface area contributed by atoms with Gasteiger partial charge < -0.3 is 10.1 Å². The molecule has 2 aromatic rings. The van der Waals surface area contributed by atoms with Crippen molar-refractivity contribution in [2.24, 2.45) is 0 Å². The fraction of sp³-hybridized carbons (Fsp3) is 0.304. The van der Waals surface area contributed by atoms with E-state index in [0.717, 1.165) is 32.5 Å². The highest BCUT2D eigenvalue weighted by molar-refractivity contribution is 6.11. The summed E-state index contributed by atoms with van der Waals surface area (Å²) in [6.07, 6.45) is 3.54. The number of allylic oxidation sites excluding steroid dienone is 1. The average Bonchev–Trinajstić information content (AvgIpc) is 2.76. The van der Waals surface area contributed by atoms with Gasteiger partial charge in [-0.25, -0.2) is 0 Å². The fourth-order valence-corrected chi connectivity index (χ4v) is 3.35. The molecule has 0 aliphatic carbocycles. The summed E-state index contributed by atoms with van der Waals surface area (Å²) in [5.74, 6) is 0.401. The molecule has 0 atom stereocenters. The number of carbonyl (C=O) groups excluding carboxylic acids is 1. The molecule has 0 aromatic heterocycles. The number of carbonyl (C=O) groups is 1. The number of hydrogen-bond acceptors (Lipinski definition) is 5. The molecule has 5 nitrogen and oxygen atoms in total. The molecule has 0 unspecified atom stereocenters. The maximum Gasteiger partial charge on any atom is 0.205 e. The van der Waals surface area contributed by atoms with Crippen LogP contribution in [0.15, 0.2) is 66.4 Å². The summed E-state index contributed by atoms with van der Waals surface area (Å²) in [6, 6.07) is 19.6. The number of nitrogens with zero attached hydrogens (tertiary/aromatic N) is 2. The van der Waals surface area contributed by atoms with Gasteiger partial charge in [0.15, 0.2) is 0 Å². The number of piperidine rings is 1. The van der Waals surface area contributed by atoms with Crippen LogP contribution in [0.3, 0.4) is 0 Å². The Bertz CT molecular complexity index is 846. The topological polar surface area (TPSA) is 65.4 Å². The summed E-state index contributed by atoms with van der Waals surface area (Å²) >= 11 is 0. The third-order valence-corrected chi connectivity index (χ3v) is 5.02. The van der Waals surface area contributed by atoms with Gasteiger partial charge in [-0.3, -0.25) is 9.69 Å². The van der Waals surface area contributed by atoms with Gasteiger partial charge in [-0.1, -0.05) is 30.3 Å². The van der Waals surface area contributed by atoms with Crippen molar-refractivity contribution in [2.45, 2.75) is 25.4 Å². The van der Waals surface area contributed by atoms with Gasteiger partial charge in [0.25, 0.3) is 0 Å². The molecule has 1 aliphatic rings. The number of hydrogen-bond donors (Lipinski definition) is 1. The summed E-state index contributed by atoms with van der Waals surface area (Å²) < 4.78 is 5.10. The number of rotatable bonds is 7. The van der Waals surface area contributed by atoms with Crippen LogP contribution in [0.5, 0.6) is 5.75 Å². The molecule has 5 heteroatoms. The SMILES string of the molecule is COc1ccc(C(=O)/C(C#N)=C/NC2CCN(Cc3ccccc3)CC2)cc1. The van der Waals surface area contributed by atoms with Gasteiger partial charge in [-0.15, -0.1) is 0 Å². The Morgan fingerprint density at radius 2 is 1.86 bits per heavy atom. The number of nitrogens with one attached hydrogen (secondary N) is 1. The molecule has 144 valence electrons. The molecular weight excluding hydrogens is 350 g/mol. The maximum absolute atomic E-state index is 12.5. The Hall–Kier alpha value is -3.10. The number of likely N-dealkylation sites (tertiary alicyclic amines) is 1. The Balaban J connectivity index is 1.52. The van der Waals surface area contributed by atoms with Crippen molar-refractivity contribution in [3.05, 3.63) is 77.5 Å². The molecule has 0 spiro atoms. The van der Waals surface area contributed by atoms with Crippen molar-refractivity contribution in [1.82, 2.24) is 10.2 Å². The van der Waals surface area contributed by atoms with E-state index in [1.807, 2.05) is 12.1 Å². The monoisotopic (exact) mass is 375 g/mol. The van der Waals surface area contributed by atoms with Crippen molar-refractivity contribution >= 4 is 5.78 Å². The molecule has 1 N–H and O–H groups in total. The van der Waals surface area contributed by atoms with E-state index in [1.54, 1.807) is 37.6 Å². The molecule has 0 amide bonds. The van der Waals surface area contributed by atoms with Gasteiger partial charge in [0.05, 0.1) is 7.11 Å². The van der Waals surface area contributed by atoms with Crippen LogP contribution >= 0.6 is 0 Å². The second-order valence-corrected chi connectivity index (χ2v) is 6.93. The number of Topliss-reactive ketones (excluding diaryl/α,β-unsaturated/α-hetero) is 1. The van der Waals surface area contributed by atoms with Gasteiger partial charge in [0.1, 0.15) is 17.4 Å². The third kappa shape index (κ3) is 5.21. The number of methoxy groups -OCH3 is 1. The van der Waals surface area contributed by atoms with E-state index in [0.29, 0.717) is 11.3 Å². The van der Waals surface area contributed by atoms with E-state index in [1.165, 1.54) is 5.56 Å². The maximum atomic E-state index is 12.5. The van der Waals surface area contributed by atoms with Crippen LogP contribution in [0, 0.1) is 11.3 Å². The Labute approximate surface area is 166 Å². The summed E-state index contributed by atoms with van der Waals surface area (Å²) in [4.78, 5) is 15.0. The average molecular weight is 375 g/mol. The smallest absolute Gasteiger partial charge is 0.205 e. The lowest BCUT2D eigenvalue weighted by Crippen LogP contribution is -2.40. The second-order valence-electron chi connectivity index (χ2n) is 6.93. The van der Waals surface area contributed by atoms with E-state index in [9.17, 15) is 10.1 Å². The molecule has 0 saturated carbocycles. The number of ketones is 1. The van der Waals surface area contributed by atoms with Gasteiger partial charge in [-0.05, 0) is 42.7 Å². The summed E-state index contributed by atoms with van der Waals surface area (Å²) in [5.41, 5.74) is 1.93. The van der Waals surface area contributed by atoms with E-state index in [4.69, 9.17) is 4.74 Å². The minimum absolute atomic E-state index is 0.122. The van der Waals surface area contributed by atoms with E-state index in [-0.39, 0.29) is 17.4 Å². The first-order valence-corrected chi connectivity index (χ1v) is 9.51. The summed E-state index contributed by atoms with van der Waals surface area (Å²) in [5, 5.41) is 12.7. The fourth-order valence-electron chi connectivity index (χ4n) is 3.35. The highest BCUT2D eigenvalue weighted by Crippen LogP contribution is 2.16. The minimum Gasteiger partial charge on any atom is -0.497 e. The van der Waals surface area contributed by atoms with Crippen LogP contribution in [0.1, 0.15) is 28.8 Å². The second kappa shape index (κ2) is 9.72. The number of nitriles is 1. The predicted octanol–water partition coefficient (Wildman–Crippen LogP) is 3.54. The Kier molecular flexibility index (Phi) is 6.83. The predicted molar refractivity (Wildman–Crippen MR) is 109 cm³/mol. The van der Waals surface area contributed by atoms with Crippen molar-refractivity contribution in [2.75, 3.05) is 20.2 Å². The molecule has 3 rings (SSSR count). The minimum atomic E-state index is -0.279. The summed E-state index contributed by atoms with van der Waals surface area (Å²) in [7, 11) is 1.58. The molecule has 0 bridgehead atoms. The standard InChI is InChI=1S/C23H25N3O2/c1-28-22-9-7-19(8-10-22)23(27)20(15-24)16-25-21-11-13-26(14-12-21)17-18-5-3-2-4-6-18/h2-10,16,21,25H,11-14,17H2,1H3/b20-16+. The number of benzene rings is 2. The zero-order valence-corrected chi connectivity index (χ0v) is 16.1. The molecule has 0 radical (unpaired) electrons. The van der Waals surface area contributed by atoms with Crippen LogP contribution in [0.2, 0.25) is 0 Å². The highest BCUT2D eigenvalue weighted by atomic mass is 16.5. The van der Waals surface area contributed by atoms with Gasteiger partial charge >= 0.3 is 0 Å². The molecular formula is C23H25N3O2. The quantitative estimate of drug-likeness (QED) is 0.456. The molecule has 2 aromatic carbocycles. The normalized spacial score (nSPS) is 15.6. The van der Waals surface area contributed by atoms with Crippen LogP contribution in [-0.4, -0.2) is 36.9 Å². The van der Waals surface area contributed by atoms with Crippen molar-refractivity contribution in [3.63, 3.8) is 0 Å². The highest BCUT2D eigenvalue weighted by Gasteiger charge is 2.19. The Morgan fingerprint density at radius 1 is 1.18 bits per heavy atom. The van der Waals surface area contributed by atoms with E-state index >= 15 is 0 Å². The zero-order valence-electron chi connectivity index (χ0n) is 16.1. The Morgan fingerprint density at radius 3 is 2.46 bits per heavy atom. The number of ether oxygens (including phenoxy) is 1. The molecule has 1 fully saturated rings. The lowest BCUT2D eigenvalue weighted by molar-refractivity contribution is 0.103. The first-order chi connectivity index (χ1) is 13.7. The zero-order chi connectivity index (χ0) is 19.8. The third-order valence-electron chi connectivity index (χ3n) is 5.02. The van der Waals surface area contributed by atoms with E-state index in [2.05, 4.69) is 34.5 Å². The van der Waals surface area contributed by atoms with Crippen LogP contribution < -0.4 is 10.1 Å². The molecule has 1 aliphatic heterocycles. The van der Waals surface area contributed by atoms with Gasteiger partial charge in [0.2, 0.25) is 5.78 Å².